The molecule has 4 rings (SSSR count). The van der Waals surface area contributed by atoms with E-state index in [4.69, 9.17) is 12.2 Å². The van der Waals surface area contributed by atoms with Crippen molar-refractivity contribution in [2.24, 2.45) is 0 Å². The van der Waals surface area contributed by atoms with E-state index in [1.54, 1.807) is 11.0 Å². The number of aryl methyl sites for hydroxylation is 2. The van der Waals surface area contributed by atoms with Gasteiger partial charge in [0.2, 0.25) is 5.91 Å². The third kappa shape index (κ3) is 4.45. The molecule has 0 aliphatic carbocycles. The van der Waals surface area contributed by atoms with Gasteiger partial charge < -0.3 is 5.32 Å². The number of unbranched alkanes of at least 4 members (excludes halogenated alkanes) is 1. The summed E-state index contributed by atoms with van der Waals surface area (Å²) in [6.45, 7) is 6.36. The second-order valence-corrected chi connectivity index (χ2v) is 9.80. The summed E-state index contributed by atoms with van der Waals surface area (Å²) < 4.78 is 0.465. The molecule has 0 radical (unpaired) electrons. The Balaban J connectivity index is 1.63. The number of hydrogen-bond donors (Lipinski definition) is 1. The van der Waals surface area contributed by atoms with Crippen LogP contribution in [0.4, 0.5) is 11.4 Å². The maximum Gasteiger partial charge on any atom is 0.267 e. The smallest absolute Gasteiger partial charge is 0.267 e. The van der Waals surface area contributed by atoms with Crippen LogP contribution >= 0.6 is 24.0 Å². The Morgan fingerprint density at radius 3 is 2.55 bits per heavy atom. The number of amides is 3. The number of nitrogens with zero attached hydrogens (tertiary/aromatic N) is 2. The molecular formula is C25H25N3O3S2. The molecule has 0 atom stereocenters. The Morgan fingerprint density at radius 1 is 1.06 bits per heavy atom. The number of hydrogen-bond acceptors (Lipinski definition) is 5. The number of thioether (sulfide) groups is 1. The molecule has 2 aliphatic rings. The summed E-state index contributed by atoms with van der Waals surface area (Å²) in [5.74, 6) is -0.900. The van der Waals surface area contributed by atoms with E-state index in [1.807, 2.05) is 57.2 Å². The van der Waals surface area contributed by atoms with Crippen LogP contribution in [0.1, 0.15) is 36.5 Å². The molecule has 6 nitrogen and oxygen atoms in total. The molecule has 2 heterocycles. The Labute approximate surface area is 203 Å². The summed E-state index contributed by atoms with van der Waals surface area (Å²) >= 11 is 6.58. The van der Waals surface area contributed by atoms with E-state index in [0.29, 0.717) is 38.3 Å². The van der Waals surface area contributed by atoms with Gasteiger partial charge in [-0.05, 0) is 38.0 Å². The predicted octanol–water partition coefficient (Wildman–Crippen LogP) is 4.66. The van der Waals surface area contributed by atoms with E-state index in [-0.39, 0.29) is 24.3 Å². The number of nitrogens with one attached hydrogen (secondary N) is 1. The van der Waals surface area contributed by atoms with Crippen LogP contribution in [0.2, 0.25) is 0 Å². The van der Waals surface area contributed by atoms with Crippen molar-refractivity contribution in [3.8, 4) is 0 Å². The highest BCUT2D eigenvalue weighted by Gasteiger charge is 2.42. The van der Waals surface area contributed by atoms with Crippen molar-refractivity contribution in [3.05, 3.63) is 64.1 Å². The summed E-state index contributed by atoms with van der Waals surface area (Å²) in [5.41, 5.74) is 4.36. The van der Waals surface area contributed by atoms with Crippen LogP contribution in [0, 0.1) is 13.8 Å². The zero-order chi connectivity index (χ0) is 23.7. The molecule has 2 aromatic rings. The van der Waals surface area contributed by atoms with E-state index >= 15 is 0 Å². The molecule has 0 saturated carbocycles. The zero-order valence-electron chi connectivity index (χ0n) is 18.8. The Hall–Kier alpha value is -2.97. The normalized spacial score (nSPS) is 17.7. The van der Waals surface area contributed by atoms with Gasteiger partial charge >= 0.3 is 0 Å². The fraction of sp³-hybridized carbons (Fsp3) is 0.280. The highest BCUT2D eigenvalue weighted by Crippen LogP contribution is 2.44. The van der Waals surface area contributed by atoms with Crippen LogP contribution in [-0.2, 0) is 14.4 Å². The topological polar surface area (TPSA) is 69.7 Å². The fourth-order valence-electron chi connectivity index (χ4n) is 4.00. The minimum absolute atomic E-state index is 0.150. The van der Waals surface area contributed by atoms with Crippen molar-refractivity contribution in [3.63, 3.8) is 0 Å². The quantitative estimate of drug-likeness (QED) is 0.482. The van der Waals surface area contributed by atoms with Crippen molar-refractivity contribution in [2.75, 3.05) is 23.3 Å². The van der Waals surface area contributed by atoms with Gasteiger partial charge in [0.1, 0.15) is 10.9 Å². The van der Waals surface area contributed by atoms with Crippen LogP contribution in [0.5, 0.6) is 0 Å². The Bertz CT molecular complexity index is 1210. The van der Waals surface area contributed by atoms with Crippen molar-refractivity contribution < 1.29 is 14.4 Å². The maximum atomic E-state index is 13.5. The molecule has 0 unspecified atom stereocenters. The van der Waals surface area contributed by atoms with E-state index in [9.17, 15) is 14.4 Å². The van der Waals surface area contributed by atoms with Crippen LogP contribution in [-0.4, -0.2) is 40.0 Å². The average molecular weight is 480 g/mol. The van der Waals surface area contributed by atoms with Crippen molar-refractivity contribution >= 4 is 63.0 Å². The van der Waals surface area contributed by atoms with Crippen molar-refractivity contribution in [1.82, 2.24) is 4.90 Å². The van der Waals surface area contributed by atoms with Gasteiger partial charge in [-0.1, -0.05) is 73.2 Å². The van der Waals surface area contributed by atoms with Gasteiger partial charge in [0, 0.05) is 17.8 Å². The van der Waals surface area contributed by atoms with Gasteiger partial charge in [-0.3, -0.25) is 24.2 Å². The first-order valence-electron chi connectivity index (χ1n) is 10.9. The third-order valence-corrected chi connectivity index (χ3v) is 7.14. The molecule has 2 aromatic carbocycles. The first-order valence-corrected chi connectivity index (χ1v) is 12.1. The lowest BCUT2D eigenvalue weighted by Gasteiger charge is -2.17. The number of fused-ring (bicyclic) bond motifs is 1. The second-order valence-electron chi connectivity index (χ2n) is 8.16. The summed E-state index contributed by atoms with van der Waals surface area (Å²) in [5, 5.41) is 2.90. The summed E-state index contributed by atoms with van der Waals surface area (Å²) in [6.07, 6.45) is 1.78. The van der Waals surface area contributed by atoms with E-state index < -0.39 is 0 Å². The number of thiocarbonyl (C=S) groups is 1. The molecule has 0 aromatic heterocycles. The summed E-state index contributed by atoms with van der Waals surface area (Å²) in [7, 11) is 0. The van der Waals surface area contributed by atoms with Gasteiger partial charge in [-0.15, -0.1) is 0 Å². The number of anilines is 2. The highest BCUT2D eigenvalue weighted by molar-refractivity contribution is 8.26. The second kappa shape index (κ2) is 9.49. The number of benzene rings is 2. The molecule has 0 bridgehead atoms. The van der Waals surface area contributed by atoms with Crippen LogP contribution in [0.15, 0.2) is 47.4 Å². The number of carbonyl (C=O) groups excluding carboxylic acids is 3. The average Bonchev–Trinajstić information content (AvgIpc) is 3.21. The minimum Gasteiger partial charge on any atom is -0.324 e. The lowest BCUT2D eigenvalue weighted by Crippen LogP contribution is -2.35. The molecule has 2 aliphatic heterocycles. The van der Waals surface area contributed by atoms with Gasteiger partial charge in [-0.25, -0.2) is 0 Å². The lowest BCUT2D eigenvalue weighted by molar-refractivity contribution is -0.122. The first kappa shape index (κ1) is 23.2. The van der Waals surface area contributed by atoms with E-state index in [0.717, 1.165) is 35.7 Å². The monoisotopic (exact) mass is 479 g/mol. The Kier molecular flexibility index (Phi) is 6.67. The number of carbonyl (C=O) groups is 3. The first-order chi connectivity index (χ1) is 15.8. The Morgan fingerprint density at radius 2 is 1.82 bits per heavy atom. The SMILES string of the molecule is CCCCN1C(=O)/C(=C2\C(=O)N(CC(=O)Nc3ccc(C)cc3C)c3ccccc32)SC1=S. The van der Waals surface area contributed by atoms with Crippen LogP contribution < -0.4 is 10.2 Å². The summed E-state index contributed by atoms with van der Waals surface area (Å²) in [6, 6.07) is 13.0. The van der Waals surface area contributed by atoms with Crippen LogP contribution in [0.25, 0.3) is 5.57 Å². The fourth-order valence-corrected chi connectivity index (χ4v) is 5.38. The van der Waals surface area contributed by atoms with Gasteiger partial charge in [0.05, 0.1) is 16.2 Å². The van der Waals surface area contributed by atoms with Gasteiger partial charge in [0.25, 0.3) is 11.8 Å². The molecule has 3 amide bonds. The number of rotatable bonds is 6. The minimum atomic E-state index is -0.358. The molecular weight excluding hydrogens is 454 g/mol. The zero-order valence-corrected chi connectivity index (χ0v) is 20.4. The van der Waals surface area contributed by atoms with E-state index in [1.165, 1.54) is 4.90 Å². The van der Waals surface area contributed by atoms with Crippen molar-refractivity contribution in [1.29, 1.82) is 0 Å². The van der Waals surface area contributed by atoms with Crippen molar-refractivity contribution in [2.45, 2.75) is 33.6 Å². The third-order valence-electron chi connectivity index (χ3n) is 5.69. The van der Waals surface area contributed by atoms with Gasteiger partial charge in [0.15, 0.2) is 0 Å². The maximum absolute atomic E-state index is 13.5. The number of para-hydroxylation sites is 1. The van der Waals surface area contributed by atoms with Crippen LogP contribution in [0.3, 0.4) is 0 Å². The lowest BCUT2D eigenvalue weighted by atomic mass is 10.1. The molecule has 170 valence electrons. The molecule has 33 heavy (non-hydrogen) atoms. The molecule has 1 N–H and O–H groups in total. The van der Waals surface area contributed by atoms with E-state index in [2.05, 4.69) is 5.32 Å². The molecule has 8 heteroatoms. The molecule has 1 fully saturated rings. The highest BCUT2D eigenvalue weighted by atomic mass is 32.2. The molecule has 0 spiro atoms. The standard InChI is InChI=1S/C25H25N3O3S2/c1-4-5-12-27-24(31)22(33-25(27)32)21-17-8-6-7-9-19(17)28(23(21)30)14-20(29)26-18-11-10-15(2)13-16(18)3/h6-11,13H,4-5,12,14H2,1-3H3,(H,26,29)/b22-21+. The van der Waals surface area contributed by atoms with Gasteiger partial charge in [-0.2, -0.15) is 0 Å². The predicted molar refractivity (Wildman–Crippen MR) is 137 cm³/mol. The largest absolute Gasteiger partial charge is 0.324 e. The molecule has 1 saturated heterocycles. The summed E-state index contributed by atoms with van der Waals surface area (Å²) in [4.78, 5) is 42.8.